The Morgan fingerprint density at radius 2 is 1.35 bits per heavy atom. The standard InChI is InChI=1S/C16H22N2O2S3/c19-15(14-4-2-1-3-5-14)17-16(20)18-6-8-21-10-12-23-13-11-22-9-7-18/h1-5H,6-13H2,(H,17,19,20). The second kappa shape index (κ2) is 10.9. The minimum atomic E-state index is -0.335. The first-order valence-corrected chi connectivity index (χ1v) is 11.1. The number of urea groups is 1. The zero-order valence-electron chi connectivity index (χ0n) is 13.0. The molecule has 23 heavy (non-hydrogen) atoms. The molecule has 1 aromatic carbocycles. The van der Waals surface area contributed by atoms with E-state index in [1.54, 1.807) is 29.2 Å². The van der Waals surface area contributed by atoms with E-state index in [9.17, 15) is 9.59 Å². The van der Waals surface area contributed by atoms with Gasteiger partial charge in [-0.05, 0) is 12.1 Å². The number of carbonyl (C=O) groups is 2. The van der Waals surface area contributed by atoms with Crippen LogP contribution in [0.3, 0.4) is 0 Å². The van der Waals surface area contributed by atoms with Crippen LogP contribution in [0.4, 0.5) is 4.79 Å². The lowest BCUT2D eigenvalue weighted by Crippen LogP contribution is -2.45. The van der Waals surface area contributed by atoms with E-state index in [0.717, 1.165) is 23.0 Å². The van der Waals surface area contributed by atoms with Gasteiger partial charge in [0.05, 0.1) is 0 Å². The Kier molecular flexibility index (Phi) is 8.78. The average Bonchev–Trinajstić information content (AvgIpc) is 2.56. The molecule has 0 unspecified atom stereocenters. The van der Waals surface area contributed by atoms with Crippen molar-refractivity contribution in [2.75, 3.05) is 47.6 Å². The first-order valence-electron chi connectivity index (χ1n) is 7.66. The maximum absolute atomic E-state index is 12.4. The van der Waals surface area contributed by atoms with Gasteiger partial charge in [-0.3, -0.25) is 10.1 Å². The lowest BCUT2D eigenvalue weighted by Gasteiger charge is -2.23. The van der Waals surface area contributed by atoms with E-state index in [1.807, 2.05) is 41.4 Å². The molecule has 0 aliphatic carbocycles. The number of nitrogens with zero attached hydrogens (tertiary/aromatic N) is 1. The summed E-state index contributed by atoms with van der Waals surface area (Å²) in [6.07, 6.45) is 0. The number of thioether (sulfide) groups is 3. The molecule has 1 aromatic rings. The topological polar surface area (TPSA) is 49.4 Å². The summed E-state index contributed by atoms with van der Waals surface area (Å²) in [4.78, 5) is 26.2. The Morgan fingerprint density at radius 3 is 1.91 bits per heavy atom. The number of hydrogen-bond donors (Lipinski definition) is 1. The molecule has 4 nitrogen and oxygen atoms in total. The highest BCUT2D eigenvalue weighted by Crippen LogP contribution is 2.13. The Balaban J connectivity index is 1.87. The van der Waals surface area contributed by atoms with Crippen molar-refractivity contribution in [3.05, 3.63) is 35.9 Å². The molecule has 1 aliphatic rings. The highest BCUT2D eigenvalue weighted by atomic mass is 32.2. The summed E-state index contributed by atoms with van der Waals surface area (Å²) in [5, 5.41) is 2.50. The first-order chi connectivity index (χ1) is 11.3. The van der Waals surface area contributed by atoms with Crippen molar-refractivity contribution >= 4 is 47.2 Å². The zero-order valence-corrected chi connectivity index (χ0v) is 15.5. The zero-order chi connectivity index (χ0) is 16.3. The molecule has 1 aliphatic heterocycles. The van der Waals surface area contributed by atoms with Gasteiger partial charge in [0.25, 0.3) is 5.91 Å². The van der Waals surface area contributed by atoms with Gasteiger partial charge in [0, 0.05) is 53.2 Å². The van der Waals surface area contributed by atoms with Crippen LogP contribution in [-0.2, 0) is 0 Å². The number of hydrogen-bond acceptors (Lipinski definition) is 5. The van der Waals surface area contributed by atoms with E-state index in [4.69, 9.17) is 0 Å². The van der Waals surface area contributed by atoms with Crippen LogP contribution in [0.1, 0.15) is 10.4 Å². The van der Waals surface area contributed by atoms with Crippen molar-refractivity contribution in [1.29, 1.82) is 0 Å². The van der Waals surface area contributed by atoms with E-state index < -0.39 is 0 Å². The molecule has 0 atom stereocenters. The Hall–Kier alpha value is -0.790. The van der Waals surface area contributed by atoms with Gasteiger partial charge in [-0.2, -0.15) is 35.3 Å². The Bertz CT molecular complexity index is 487. The van der Waals surface area contributed by atoms with Gasteiger partial charge in [0.2, 0.25) is 0 Å². The van der Waals surface area contributed by atoms with E-state index in [1.165, 1.54) is 11.5 Å². The summed E-state index contributed by atoms with van der Waals surface area (Å²) in [6, 6.07) is 8.57. The smallest absolute Gasteiger partial charge is 0.323 e. The van der Waals surface area contributed by atoms with Crippen molar-refractivity contribution in [3.8, 4) is 0 Å². The van der Waals surface area contributed by atoms with Crippen LogP contribution in [0.15, 0.2) is 30.3 Å². The lowest BCUT2D eigenvalue weighted by atomic mass is 10.2. The van der Waals surface area contributed by atoms with Crippen LogP contribution < -0.4 is 5.32 Å². The maximum atomic E-state index is 12.4. The largest absolute Gasteiger partial charge is 0.324 e. The summed E-state index contributed by atoms with van der Waals surface area (Å²) >= 11 is 5.74. The quantitative estimate of drug-likeness (QED) is 0.823. The molecule has 0 spiro atoms. The molecule has 1 fully saturated rings. The van der Waals surface area contributed by atoms with Gasteiger partial charge in [0.15, 0.2) is 0 Å². The number of carbonyl (C=O) groups excluding carboxylic acids is 2. The van der Waals surface area contributed by atoms with Gasteiger partial charge in [-0.1, -0.05) is 18.2 Å². The van der Waals surface area contributed by atoms with Crippen LogP contribution in [0.25, 0.3) is 0 Å². The molecule has 2 rings (SSSR count). The van der Waals surface area contributed by atoms with Crippen LogP contribution in [0.5, 0.6) is 0 Å². The fourth-order valence-corrected chi connectivity index (χ4v) is 5.24. The third-order valence-electron chi connectivity index (χ3n) is 3.30. The highest BCUT2D eigenvalue weighted by molar-refractivity contribution is 8.04. The van der Waals surface area contributed by atoms with E-state index in [-0.39, 0.29) is 11.9 Å². The van der Waals surface area contributed by atoms with E-state index >= 15 is 0 Å². The number of amides is 3. The normalized spacial score (nSPS) is 17.7. The maximum Gasteiger partial charge on any atom is 0.324 e. The fraction of sp³-hybridized carbons (Fsp3) is 0.500. The molecule has 1 saturated heterocycles. The predicted octanol–water partition coefficient (Wildman–Crippen LogP) is 3.05. The fourth-order valence-electron chi connectivity index (χ4n) is 2.04. The summed E-state index contributed by atoms with van der Waals surface area (Å²) in [7, 11) is 0. The molecular formula is C16H22N2O2S3. The van der Waals surface area contributed by atoms with Gasteiger partial charge in [0.1, 0.15) is 0 Å². The molecule has 1 N–H and O–H groups in total. The minimum absolute atomic E-state index is 0.286. The van der Waals surface area contributed by atoms with Crippen LogP contribution in [-0.4, -0.2) is 64.4 Å². The first kappa shape index (κ1) is 18.5. The number of rotatable bonds is 1. The molecule has 0 saturated carbocycles. The monoisotopic (exact) mass is 370 g/mol. The molecule has 0 radical (unpaired) electrons. The average molecular weight is 371 g/mol. The number of imide groups is 1. The van der Waals surface area contributed by atoms with E-state index in [2.05, 4.69) is 5.32 Å². The Labute approximate surface area is 150 Å². The summed E-state index contributed by atoms with van der Waals surface area (Å²) < 4.78 is 0. The van der Waals surface area contributed by atoms with Crippen molar-refractivity contribution in [3.63, 3.8) is 0 Å². The molecule has 3 amide bonds. The summed E-state index contributed by atoms with van der Waals surface area (Å²) in [6.45, 7) is 1.37. The van der Waals surface area contributed by atoms with Crippen molar-refractivity contribution in [1.82, 2.24) is 10.2 Å². The molecular weight excluding hydrogens is 348 g/mol. The predicted molar refractivity (Wildman–Crippen MR) is 103 cm³/mol. The molecule has 0 aromatic heterocycles. The van der Waals surface area contributed by atoms with Crippen LogP contribution in [0, 0.1) is 0 Å². The summed E-state index contributed by atoms with van der Waals surface area (Å²) in [5.74, 6) is 6.07. The van der Waals surface area contributed by atoms with Gasteiger partial charge in [-0.15, -0.1) is 0 Å². The lowest BCUT2D eigenvalue weighted by molar-refractivity contribution is 0.0953. The molecule has 126 valence electrons. The molecule has 0 bridgehead atoms. The number of benzene rings is 1. The van der Waals surface area contributed by atoms with Crippen LogP contribution in [0.2, 0.25) is 0 Å². The minimum Gasteiger partial charge on any atom is -0.323 e. The van der Waals surface area contributed by atoms with Crippen LogP contribution >= 0.6 is 35.3 Å². The Morgan fingerprint density at radius 1 is 0.826 bits per heavy atom. The molecule has 7 heteroatoms. The second-order valence-corrected chi connectivity index (χ2v) is 8.62. The van der Waals surface area contributed by atoms with Crippen molar-refractivity contribution < 1.29 is 9.59 Å². The van der Waals surface area contributed by atoms with Gasteiger partial charge >= 0.3 is 6.03 Å². The SMILES string of the molecule is O=C(NC(=O)N1CCSCCSCCSCC1)c1ccccc1. The third kappa shape index (κ3) is 7.10. The third-order valence-corrected chi connectivity index (χ3v) is 6.73. The highest BCUT2D eigenvalue weighted by Gasteiger charge is 2.17. The van der Waals surface area contributed by atoms with Crippen molar-refractivity contribution in [2.24, 2.45) is 0 Å². The van der Waals surface area contributed by atoms with Gasteiger partial charge < -0.3 is 4.90 Å². The second-order valence-electron chi connectivity index (χ2n) is 4.95. The summed E-state index contributed by atoms with van der Waals surface area (Å²) in [5.41, 5.74) is 0.510. The molecule has 1 heterocycles. The van der Waals surface area contributed by atoms with Gasteiger partial charge in [-0.25, -0.2) is 4.79 Å². The van der Waals surface area contributed by atoms with Crippen molar-refractivity contribution in [2.45, 2.75) is 0 Å². The van der Waals surface area contributed by atoms with E-state index in [0.29, 0.717) is 18.7 Å². The number of nitrogens with one attached hydrogen (secondary N) is 1.